The quantitative estimate of drug-likeness (QED) is 0.877. The number of ether oxygens (including phenoxy) is 2. The van der Waals surface area contributed by atoms with Crippen molar-refractivity contribution in [3.05, 3.63) is 46.2 Å². The molecule has 1 aromatic carbocycles. The Morgan fingerprint density at radius 2 is 1.95 bits per heavy atom. The topological polar surface area (TPSA) is 38.7 Å². The van der Waals surface area contributed by atoms with Crippen molar-refractivity contribution < 1.29 is 14.6 Å². The molecule has 0 radical (unpaired) electrons. The number of aliphatic hydroxyl groups is 1. The number of hydrogen-bond acceptors (Lipinski definition) is 4. The SMILES string of the molecule is CCCOc1ccc(C(O)c2cc(OC)cs2)cc1. The summed E-state index contributed by atoms with van der Waals surface area (Å²) in [6.45, 7) is 2.78. The van der Waals surface area contributed by atoms with Gasteiger partial charge in [-0.1, -0.05) is 19.1 Å². The maximum atomic E-state index is 10.3. The summed E-state index contributed by atoms with van der Waals surface area (Å²) in [6, 6.07) is 9.42. The van der Waals surface area contributed by atoms with Crippen molar-refractivity contribution in [2.75, 3.05) is 13.7 Å². The van der Waals surface area contributed by atoms with Gasteiger partial charge >= 0.3 is 0 Å². The van der Waals surface area contributed by atoms with E-state index in [-0.39, 0.29) is 0 Å². The number of hydrogen-bond donors (Lipinski definition) is 1. The molecule has 0 saturated heterocycles. The third-order valence-electron chi connectivity index (χ3n) is 2.77. The van der Waals surface area contributed by atoms with Crippen molar-refractivity contribution in [3.63, 3.8) is 0 Å². The van der Waals surface area contributed by atoms with E-state index in [2.05, 4.69) is 6.92 Å². The Hall–Kier alpha value is -1.52. The minimum atomic E-state index is -0.617. The van der Waals surface area contributed by atoms with Crippen molar-refractivity contribution in [2.45, 2.75) is 19.4 Å². The first kappa shape index (κ1) is 13.9. The monoisotopic (exact) mass is 278 g/mol. The number of aliphatic hydroxyl groups excluding tert-OH is 1. The Labute approximate surface area is 117 Å². The average Bonchev–Trinajstić information content (AvgIpc) is 2.94. The molecule has 1 heterocycles. The normalized spacial score (nSPS) is 12.2. The van der Waals surface area contributed by atoms with Crippen molar-refractivity contribution in [1.29, 1.82) is 0 Å². The summed E-state index contributed by atoms with van der Waals surface area (Å²) in [4.78, 5) is 0.874. The molecule has 4 heteroatoms. The first-order valence-electron chi connectivity index (χ1n) is 6.28. The van der Waals surface area contributed by atoms with Gasteiger partial charge in [-0.3, -0.25) is 0 Å². The molecule has 1 aromatic heterocycles. The molecular weight excluding hydrogens is 260 g/mol. The maximum Gasteiger partial charge on any atom is 0.129 e. The van der Waals surface area contributed by atoms with Crippen molar-refractivity contribution in [3.8, 4) is 11.5 Å². The number of methoxy groups -OCH3 is 1. The Bertz CT molecular complexity index is 504. The summed E-state index contributed by atoms with van der Waals surface area (Å²) in [6.07, 6.45) is 0.369. The third-order valence-corrected chi connectivity index (χ3v) is 3.73. The standard InChI is InChI=1S/C15H18O3S/c1-3-8-18-12-6-4-11(5-7-12)15(16)14-9-13(17-2)10-19-14/h4-7,9-10,15-16H,3,8H2,1-2H3. The Balaban J connectivity index is 2.08. The van der Waals surface area contributed by atoms with Crippen LogP contribution in [0.1, 0.15) is 29.9 Å². The summed E-state index contributed by atoms with van der Waals surface area (Å²) in [5, 5.41) is 12.2. The van der Waals surface area contributed by atoms with Gasteiger partial charge in [0.1, 0.15) is 17.6 Å². The molecule has 102 valence electrons. The van der Waals surface area contributed by atoms with E-state index in [9.17, 15) is 5.11 Å². The fourth-order valence-electron chi connectivity index (χ4n) is 1.72. The van der Waals surface area contributed by atoms with Crippen LogP contribution in [0.15, 0.2) is 35.7 Å². The van der Waals surface area contributed by atoms with Gasteiger partial charge in [0.05, 0.1) is 13.7 Å². The number of rotatable bonds is 6. The predicted molar refractivity (Wildman–Crippen MR) is 77.2 cm³/mol. The highest BCUT2D eigenvalue weighted by Crippen LogP contribution is 2.31. The molecular formula is C15H18O3S. The van der Waals surface area contributed by atoms with Crippen LogP contribution in [0.3, 0.4) is 0 Å². The van der Waals surface area contributed by atoms with E-state index in [4.69, 9.17) is 9.47 Å². The predicted octanol–water partition coefficient (Wildman–Crippen LogP) is 3.63. The second kappa shape index (κ2) is 6.59. The van der Waals surface area contributed by atoms with Crippen LogP contribution in [0.25, 0.3) is 0 Å². The highest BCUT2D eigenvalue weighted by Gasteiger charge is 2.13. The largest absolute Gasteiger partial charge is 0.496 e. The second-order valence-corrected chi connectivity index (χ2v) is 5.15. The van der Waals surface area contributed by atoms with Gasteiger partial charge in [-0.2, -0.15) is 0 Å². The zero-order chi connectivity index (χ0) is 13.7. The van der Waals surface area contributed by atoms with Gasteiger partial charge in [-0.15, -0.1) is 11.3 Å². The Morgan fingerprint density at radius 3 is 2.53 bits per heavy atom. The second-order valence-electron chi connectivity index (χ2n) is 4.21. The van der Waals surface area contributed by atoms with Crippen LogP contribution >= 0.6 is 11.3 Å². The average molecular weight is 278 g/mol. The zero-order valence-electron chi connectivity index (χ0n) is 11.1. The van der Waals surface area contributed by atoms with Crippen LogP contribution in [0.5, 0.6) is 11.5 Å². The summed E-state index contributed by atoms with van der Waals surface area (Å²) in [5.74, 6) is 1.61. The molecule has 1 unspecified atom stereocenters. The molecule has 2 aromatic rings. The molecule has 19 heavy (non-hydrogen) atoms. The Kier molecular flexibility index (Phi) is 4.82. The molecule has 3 nitrogen and oxygen atoms in total. The van der Waals surface area contributed by atoms with Crippen LogP contribution in [0, 0.1) is 0 Å². The first-order valence-corrected chi connectivity index (χ1v) is 7.15. The highest BCUT2D eigenvalue weighted by atomic mass is 32.1. The van der Waals surface area contributed by atoms with Gasteiger partial charge in [-0.25, -0.2) is 0 Å². The molecule has 0 aliphatic carbocycles. The molecule has 0 saturated carbocycles. The number of thiophene rings is 1. The molecule has 0 aliphatic heterocycles. The van der Waals surface area contributed by atoms with Crippen molar-refractivity contribution in [1.82, 2.24) is 0 Å². The number of benzene rings is 1. The van der Waals surface area contributed by atoms with E-state index in [1.807, 2.05) is 35.7 Å². The third kappa shape index (κ3) is 3.49. The fraction of sp³-hybridized carbons (Fsp3) is 0.333. The van der Waals surface area contributed by atoms with E-state index in [0.29, 0.717) is 6.61 Å². The molecule has 0 fully saturated rings. The van der Waals surface area contributed by atoms with E-state index >= 15 is 0 Å². The lowest BCUT2D eigenvalue weighted by Gasteiger charge is -2.10. The summed E-state index contributed by atoms with van der Waals surface area (Å²) >= 11 is 1.49. The van der Waals surface area contributed by atoms with Crippen LogP contribution < -0.4 is 9.47 Å². The molecule has 1 atom stereocenters. The molecule has 0 bridgehead atoms. The van der Waals surface area contributed by atoms with Gasteiger partial charge in [0.2, 0.25) is 0 Å². The lowest BCUT2D eigenvalue weighted by Crippen LogP contribution is -1.98. The van der Waals surface area contributed by atoms with E-state index < -0.39 is 6.10 Å². The fourth-order valence-corrected chi connectivity index (χ4v) is 2.58. The van der Waals surface area contributed by atoms with E-state index in [0.717, 1.165) is 28.4 Å². The minimum absolute atomic E-state index is 0.617. The molecule has 2 rings (SSSR count). The first-order chi connectivity index (χ1) is 9.24. The van der Waals surface area contributed by atoms with Crippen LogP contribution in [0.4, 0.5) is 0 Å². The van der Waals surface area contributed by atoms with E-state index in [1.54, 1.807) is 7.11 Å². The van der Waals surface area contributed by atoms with Gasteiger partial charge in [0, 0.05) is 10.3 Å². The zero-order valence-corrected chi connectivity index (χ0v) is 11.9. The molecule has 0 spiro atoms. The van der Waals surface area contributed by atoms with E-state index in [1.165, 1.54) is 11.3 Å². The van der Waals surface area contributed by atoms with Gasteiger partial charge < -0.3 is 14.6 Å². The lowest BCUT2D eigenvalue weighted by atomic mass is 10.1. The molecule has 0 amide bonds. The summed E-state index contributed by atoms with van der Waals surface area (Å²) < 4.78 is 10.6. The smallest absolute Gasteiger partial charge is 0.129 e. The van der Waals surface area contributed by atoms with Gasteiger partial charge in [0.25, 0.3) is 0 Å². The summed E-state index contributed by atoms with van der Waals surface area (Å²) in [5.41, 5.74) is 0.855. The maximum absolute atomic E-state index is 10.3. The Morgan fingerprint density at radius 1 is 1.21 bits per heavy atom. The minimum Gasteiger partial charge on any atom is -0.496 e. The summed E-state index contributed by atoms with van der Waals surface area (Å²) in [7, 11) is 1.62. The lowest BCUT2D eigenvalue weighted by molar-refractivity contribution is 0.223. The highest BCUT2D eigenvalue weighted by molar-refractivity contribution is 7.10. The van der Waals surface area contributed by atoms with Crippen LogP contribution in [-0.4, -0.2) is 18.8 Å². The van der Waals surface area contributed by atoms with Gasteiger partial charge in [-0.05, 0) is 30.2 Å². The van der Waals surface area contributed by atoms with Crippen molar-refractivity contribution >= 4 is 11.3 Å². The molecule has 1 N–H and O–H groups in total. The van der Waals surface area contributed by atoms with Crippen LogP contribution in [-0.2, 0) is 0 Å². The van der Waals surface area contributed by atoms with Gasteiger partial charge in [0.15, 0.2) is 0 Å². The van der Waals surface area contributed by atoms with Crippen molar-refractivity contribution in [2.24, 2.45) is 0 Å². The molecule has 0 aliphatic rings. The van der Waals surface area contributed by atoms with Crippen LogP contribution in [0.2, 0.25) is 0 Å².